The lowest BCUT2D eigenvalue weighted by Crippen LogP contribution is -2.54. The van der Waals surface area contributed by atoms with Gasteiger partial charge in [-0.3, -0.25) is 14.5 Å². The van der Waals surface area contributed by atoms with Crippen LogP contribution in [-0.2, 0) is 11.2 Å². The quantitative estimate of drug-likeness (QED) is 0.215. The summed E-state index contributed by atoms with van der Waals surface area (Å²) in [4.78, 5) is 53.5. The van der Waals surface area contributed by atoms with Crippen molar-refractivity contribution in [3.05, 3.63) is 93.8 Å². The van der Waals surface area contributed by atoms with E-state index in [1.165, 1.54) is 28.7 Å². The smallest absolute Gasteiger partial charge is 0.410 e. The monoisotopic (exact) mass is 701 g/mol. The molecule has 2 aromatic carbocycles. The number of nitrogens with one attached hydrogen (secondary N) is 1. The molecule has 6 rings (SSSR count). The highest BCUT2D eigenvalue weighted by Crippen LogP contribution is 2.35. The first-order valence-corrected chi connectivity index (χ1v) is 17.7. The second-order valence-corrected chi connectivity index (χ2v) is 14.9. The first kappa shape index (κ1) is 35.2. The number of aryl methyl sites for hydroxylation is 1. The molecule has 0 aliphatic carbocycles. The summed E-state index contributed by atoms with van der Waals surface area (Å²) in [7, 11) is 0. The summed E-state index contributed by atoms with van der Waals surface area (Å²) in [5.41, 5.74) is 1.88. The third-order valence-electron chi connectivity index (χ3n) is 8.93. The minimum atomic E-state index is -1.27. The Morgan fingerprint density at radius 3 is 2.56 bits per heavy atom. The van der Waals surface area contributed by atoms with E-state index < -0.39 is 41.9 Å². The number of thiazole rings is 1. The van der Waals surface area contributed by atoms with Gasteiger partial charge in [-0.1, -0.05) is 30.3 Å². The molecule has 4 aromatic rings. The van der Waals surface area contributed by atoms with E-state index in [1.807, 2.05) is 42.6 Å². The minimum Gasteiger partial charge on any atom is -0.445 e. The maximum absolute atomic E-state index is 14.2. The number of β-amino-alcohol motifs (C(OH)–C–C–N with tert-alkyl or cyclic N) is 1. The third-order valence-corrected chi connectivity index (χ3v) is 9.99. The first-order valence-electron chi connectivity index (χ1n) is 16.8. The summed E-state index contributed by atoms with van der Waals surface area (Å²) in [6.07, 6.45) is 2.07. The fourth-order valence-electron chi connectivity index (χ4n) is 6.67. The Labute approximate surface area is 295 Å². The Balaban J connectivity index is 1.31. The predicted octanol–water partition coefficient (Wildman–Crippen LogP) is 5.16. The van der Waals surface area contributed by atoms with E-state index in [4.69, 9.17) is 9.15 Å². The fourth-order valence-corrected chi connectivity index (χ4v) is 7.61. The number of nitrogens with zero attached hydrogens (tertiary/aromatic N) is 4. The maximum atomic E-state index is 14.2. The average molecular weight is 702 g/mol. The molecular weight excluding hydrogens is 659 g/mol. The fraction of sp³-hybridized carbons (Fsp3) is 0.432. The Bertz CT molecular complexity index is 1810. The number of carbonyl (C=O) groups is 3. The molecule has 13 heteroatoms. The zero-order valence-electron chi connectivity index (χ0n) is 28.6. The minimum absolute atomic E-state index is 0.00956. The van der Waals surface area contributed by atoms with Crippen LogP contribution in [0.25, 0.3) is 11.5 Å². The zero-order chi connectivity index (χ0) is 35.6. The second-order valence-electron chi connectivity index (χ2n) is 14.0. The lowest BCUT2D eigenvalue weighted by atomic mass is 9.94. The van der Waals surface area contributed by atoms with Crippen molar-refractivity contribution in [2.75, 3.05) is 13.1 Å². The molecule has 2 fully saturated rings. The number of aliphatic hydroxyl groups is 2. The van der Waals surface area contributed by atoms with Gasteiger partial charge < -0.3 is 29.6 Å². The number of benzene rings is 2. The van der Waals surface area contributed by atoms with Crippen LogP contribution in [0.3, 0.4) is 0 Å². The number of aromatic nitrogens is 2. The van der Waals surface area contributed by atoms with Crippen LogP contribution >= 0.6 is 11.3 Å². The van der Waals surface area contributed by atoms with E-state index in [0.717, 1.165) is 29.1 Å². The van der Waals surface area contributed by atoms with Crippen LogP contribution in [0.1, 0.15) is 83.1 Å². The van der Waals surface area contributed by atoms with Gasteiger partial charge >= 0.3 is 6.09 Å². The molecule has 3 N–H and O–H groups in total. The van der Waals surface area contributed by atoms with Gasteiger partial charge in [-0.15, -0.1) is 11.3 Å². The summed E-state index contributed by atoms with van der Waals surface area (Å²) in [5.74, 6) is -0.531. The number of oxazole rings is 1. The largest absolute Gasteiger partial charge is 0.445 e. The molecule has 2 aromatic heterocycles. The van der Waals surface area contributed by atoms with Crippen molar-refractivity contribution in [1.29, 1.82) is 0 Å². The van der Waals surface area contributed by atoms with E-state index in [2.05, 4.69) is 15.3 Å². The lowest BCUT2D eigenvalue weighted by Gasteiger charge is -2.34. The number of rotatable bonds is 9. The van der Waals surface area contributed by atoms with Crippen molar-refractivity contribution >= 4 is 29.2 Å². The summed E-state index contributed by atoms with van der Waals surface area (Å²) >= 11 is 1.53. The molecular formula is C37H43N5O7S. The Morgan fingerprint density at radius 2 is 1.88 bits per heavy atom. The maximum Gasteiger partial charge on any atom is 0.410 e. The van der Waals surface area contributed by atoms with E-state index in [9.17, 15) is 24.6 Å². The van der Waals surface area contributed by atoms with Gasteiger partial charge in [0.2, 0.25) is 5.89 Å². The number of hydrogen-bond donors (Lipinski definition) is 3. The highest BCUT2D eigenvalue weighted by atomic mass is 32.1. The summed E-state index contributed by atoms with van der Waals surface area (Å²) in [6, 6.07) is 12.3. The summed E-state index contributed by atoms with van der Waals surface area (Å²) in [6.45, 7) is 7.71. The van der Waals surface area contributed by atoms with Gasteiger partial charge in [0, 0.05) is 34.3 Å². The molecule has 0 saturated carbocycles. The van der Waals surface area contributed by atoms with E-state index >= 15 is 0 Å². The molecule has 0 bridgehead atoms. The van der Waals surface area contributed by atoms with E-state index in [-0.39, 0.29) is 42.8 Å². The number of likely N-dealkylation sites (tertiary alicyclic amines) is 2. The van der Waals surface area contributed by atoms with Crippen LogP contribution in [0, 0.1) is 6.92 Å². The molecule has 0 spiro atoms. The highest BCUT2D eigenvalue weighted by molar-refractivity contribution is 7.09. The normalized spacial score (nSPS) is 20.5. The predicted molar refractivity (Wildman–Crippen MR) is 187 cm³/mol. The summed E-state index contributed by atoms with van der Waals surface area (Å²) < 4.78 is 11.1. The Kier molecular flexibility index (Phi) is 10.4. The van der Waals surface area contributed by atoms with Crippen LogP contribution in [0.4, 0.5) is 4.79 Å². The molecule has 2 saturated heterocycles. The van der Waals surface area contributed by atoms with Gasteiger partial charge in [0.05, 0.1) is 43.1 Å². The first-order chi connectivity index (χ1) is 23.9. The van der Waals surface area contributed by atoms with Crippen molar-refractivity contribution in [3.63, 3.8) is 0 Å². The number of amides is 3. The highest BCUT2D eigenvalue weighted by Gasteiger charge is 2.43. The molecule has 3 amide bonds. The average Bonchev–Trinajstić information content (AvgIpc) is 3.91. The zero-order valence-corrected chi connectivity index (χ0v) is 29.4. The molecule has 0 radical (unpaired) electrons. The van der Waals surface area contributed by atoms with E-state index in [0.29, 0.717) is 17.7 Å². The van der Waals surface area contributed by atoms with Gasteiger partial charge in [0.15, 0.2) is 0 Å². The van der Waals surface area contributed by atoms with Gasteiger partial charge in [-0.2, -0.15) is 0 Å². The van der Waals surface area contributed by atoms with Gasteiger partial charge in [0.25, 0.3) is 11.8 Å². The van der Waals surface area contributed by atoms with Crippen molar-refractivity contribution in [2.45, 2.75) is 89.3 Å². The molecule has 264 valence electrons. The van der Waals surface area contributed by atoms with Crippen LogP contribution in [-0.4, -0.2) is 90.9 Å². The van der Waals surface area contributed by atoms with Crippen molar-refractivity contribution in [3.8, 4) is 11.5 Å². The molecule has 1 unspecified atom stereocenters. The van der Waals surface area contributed by atoms with Gasteiger partial charge in [0.1, 0.15) is 16.9 Å². The number of aliphatic hydroxyl groups excluding tert-OH is 2. The van der Waals surface area contributed by atoms with Crippen molar-refractivity contribution in [1.82, 2.24) is 25.1 Å². The molecule has 2 aliphatic rings. The van der Waals surface area contributed by atoms with Crippen LogP contribution in [0.5, 0.6) is 0 Å². The number of carbonyl (C=O) groups excluding carboxylic acids is 3. The van der Waals surface area contributed by atoms with Crippen molar-refractivity contribution < 1.29 is 33.8 Å². The molecule has 4 heterocycles. The molecule has 50 heavy (non-hydrogen) atoms. The van der Waals surface area contributed by atoms with Crippen LogP contribution < -0.4 is 5.32 Å². The molecule has 12 nitrogen and oxygen atoms in total. The summed E-state index contributed by atoms with van der Waals surface area (Å²) in [5, 5.41) is 28.3. The second kappa shape index (κ2) is 14.7. The number of ether oxygens (including phenoxy) is 1. The number of hydrogen-bond acceptors (Lipinski definition) is 10. The van der Waals surface area contributed by atoms with Gasteiger partial charge in [-0.05, 0) is 77.1 Å². The van der Waals surface area contributed by atoms with Crippen LogP contribution in [0.2, 0.25) is 0 Å². The standard InChI is InChI=1S/C37H43N5O7S/c1-22-21-50-34(39-22)29-11-8-13-41(29)35(46)26-17-24(16-25(18-26)33-38-12-14-48-33)32(45)40-28(15-23-9-6-5-7-10-23)31(44)30-19-27(43)20-42(30)36(47)49-37(2,3)4/h5-7,9-10,12,14,16-18,21,27-31,43-44H,8,11,13,15,19-20H2,1-4H3,(H,40,45)/t27-,28+,29?,30-,31+/m1/s1. The van der Waals surface area contributed by atoms with Crippen LogP contribution in [0.15, 0.2) is 70.8 Å². The SMILES string of the molecule is Cc1csc(C2CCCN2C(=O)c2cc(C(=O)N[C@@H](Cc3ccccc3)[C@H](O)[C@H]3C[C@@H](O)CN3C(=O)OC(C)(C)C)cc(-c3ncco3)c2)n1. The third kappa shape index (κ3) is 8.06. The molecule has 5 atom stereocenters. The Morgan fingerprint density at radius 1 is 1.12 bits per heavy atom. The van der Waals surface area contributed by atoms with Crippen molar-refractivity contribution in [2.24, 2.45) is 0 Å². The topological polar surface area (TPSA) is 158 Å². The Hall–Kier alpha value is -4.59. The van der Waals surface area contributed by atoms with E-state index in [1.54, 1.807) is 43.9 Å². The molecule has 2 aliphatic heterocycles. The lowest BCUT2D eigenvalue weighted by molar-refractivity contribution is -0.00187. The van der Waals surface area contributed by atoms with Gasteiger partial charge in [-0.25, -0.2) is 14.8 Å².